The van der Waals surface area contributed by atoms with Gasteiger partial charge in [0.2, 0.25) is 0 Å². The van der Waals surface area contributed by atoms with Crippen LogP contribution in [0.15, 0.2) is 12.2 Å². The number of carboxylic acid groups (broad SMARTS) is 1. The first-order chi connectivity index (χ1) is 6.54. The zero-order valence-corrected chi connectivity index (χ0v) is 9.35. The summed E-state index contributed by atoms with van der Waals surface area (Å²) < 4.78 is 13.6. The Morgan fingerprint density at radius 2 is 1.60 bits per heavy atom. The van der Waals surface area contributed by atoms with Gasteiger partial charge in [0.15, 0.2) is 0 Å². The molecule has 1 heterocycles. The molecule has 0 amide bonds. The Hall–Kier alpha value is -0.720. The quantitative estimate of drug-likeness (QED) is 0.292. The third kappa shape index (κ3) is 42.8. The number of hydrogen-bond donors (Lipinski definition) is 4. The number of aliphatic carboxylic acids is 1. The minimum absolute atomic E-state index is 0.176. The maximum atomic E-state index is 9.60. The van der Waals surface area contributed by atoms with Crippen LogP contribution in [0, 0.1) is 0 Å². The maximum Gasteiger partial charge on any atom is 0.466 e. The van der Waals surface area contributed by atoms with E-state index >= 15 is 0 Å². The lowest BCUT2D eigenvalue weighted by molar-refractivity contribution is -0.132. The SMILES string of the molecule is C=C(C)C(=O)O.CC1CO1.O=P(O)(O)O. The van der Waals surface area contributed by atoms with Gasteiger partial charge in [-0.3, -0.25) is 0 Å². The molecule has 0 spiro atoms. The molecule has 7 nitrogen and oxygen atoms in total. The Kier molecular flexibility index (Phi) is 8.41. The van der Waals surface area contributed by atoms with E-state index in [0.717, 1.165) is 6.61 Å². The highest BCUT2D eigenvalue weighted by atomic mass is 31.2. The van der Waals surface area contributed by atoms with Gasteiger partial charge in [0, 0.05) is 5.57 Å². The first-order valence-corrected chi connectivity index (χ1v) is 5.39. The van der Waals surface area contributed by atoms with Crippen molar-refractivity contribution >= 4 is 13.8 Å². The van der Waals surface area contributed by atoms with Crippen LogP contribution in [0.1, 0.15) is 13.8 Å². The average Bonchev–Trinajstić information content (AvgIpc) is 2.68. The summed E-state index contributed by atoms with van der Waals surface area (Å²) in [6.45, 7) is 7.64. The minimum atomic E-state index is -4.64. The van der Waals surface area contributed by atoms with E-state index in [0.29, 0.717) is 6.10 Å². The highest BCUT2D eigenvalue weighted by molar-refractivity contribution is 7.45. The smallest absolute Gasteiger partial charge is 0.466 e. The van der Waals surface area contributed by atoms with Gasteiger partial charge in [-0.1, -0.05) is 6.58 Å². The van der Waals surface area contributed by atoms with E-state index in [9.17, 15) is 4.79 Å². The van der Waals surface area contributed by atoms with Crippen LogP contribution in [0.5, 0.6) is 0 Å². The van der Waals surface area contributed by atoms with Crippen molar-refractivity contribution in [1.82, 2.24) is 0 Å². The van der Waals surface area contributed by atoms with Gasteiger partial charge in [-0.2, -0.15) is 0 Å². The molecule has 0 bridgehead atoms. The molecule has 1 saturated heterocycles. The van der Waals surface area contributed by atoms with Crippen LogP contribution in [0.2, 0.25) is 0 Å². The Morgan fingerprint density at radius 1 is 1.47 bits per heavy atom. The number of phosphoric acid groups is 1. The molecule has 0 radical (unpaired) electrons. The fourth-order valence-electron chi connectivity index (χ4n) is 0.0962. The average molecular weight is 242 g/mol. The van der Waals surface area contributed by atoms with Gasteiger partial charge in [0.05, 0.1) is 12.7 Å². The fraction of sp³-hybridized carbons (Fsp3) is 0.571. The Morgan fingerprint density at radius 3 is 1.60 bits per heavy atom. The number of hydrogen-bond acceptors (Lipinski definition) is 3. The van der Waals surface area contributed by atoms with Gasteiger partial charge in [-0.25, -0.2) is 9.36 Å². The molecule has 4 N–H and O–H groups in total. The van der Waals surface area contributed by atoms with Gasteiger partial charge in [-0.05, 0) is 13.8 Å². The van der Waals surface area contributed by atoms with E-state index in [1.807, 2.05) is 0 Å². The van der Waals surface area contributed by atoms with Gasteiger partial charge in [0.25, 0.3) is 0 Å². The van der Waals surface area contributed by atoms with E-state index in [2.05, 4.69) is 13.5 Å². The van der Waals surface area contributed by atoms with Crippen molar-refractivity contribution in [2.45, 2.75) is 20.0 Å². The molecule has 1 rings (SSSR count). The molecule has 0 aliphatic carbocycles. The molecule has 1 fully saturated rings. The van der Waals surface area contributed by atoms with Crippen LogP contribution in [0.25, 0.3) is 0 Å². The van der Waals surface area contributed by atoms with E-state index in [-0.39, 0.29) is 5.57 Å². The molecular formula is C7H15O7P. The topological polar surface area (TPSA) is 128 Å². The summed E-state index contributed by atoms with van der Waals surface area (Å²) in [5.74, 6) is -0.935. The number of rotatable bonds is 1. The molecule has 1 unspecified atom stereocenters. The lowest BCUT2D eigenvalue weighted by atomic mass is 10.4. The molecule has 8 heteroatoms. The third-order valence-corrected chi connectivity index (χ3v) is 0.865. The zero-order valence-electron chi connectivity index (χ0n) is 8.45. The molecule has 1 atom stereocenters. The van der Waals surface area contributed by atoms with E-state index in [1.54, 1.807) is 0 Å². The van der Waals surface area contributed by atoms with Crippen molar-refractivity contribution in [1.29, 1.82) is 0 Å². The monoisotopic (exact) mass is 242 g/mol. The van der Waals surface area contributed by atoms with Crippen molar-refractivity contribution in [3.05, 3.63) is 12.2 Å². The summed E-state index contributed by atoms with van der Waals surface area (Å²) >= 11 is 0. The van der Waals surface area contributed by atoms with Crippen LogP contribution in [0.4, 0.5) is 0 Å². The summed E-state index contributed by atoms with van der Waals surface area (Å²) in [6.07, 6.45) is 0.583. The largest absolute Gasteiger partial charge is 0.478 e. The van der Waals surface area contributed by atoms with Crippen molar-refractivity contribution in [3.8, 4) is 0 Å². The first kappa shape index (κ1) is 16.7. The molecule has 0 aromatic heterocycles. The van der Waals surface area contributed by atoms with Crippen LogP contribution < -0.4 is 0 Å². The second-order valence-corrected chi connectivity index (χ2v) is 3.77. The van der Waals surface area contributed by atoms with Gasteiger partial charge >= 0.3 is 13.8 Å². The summed E-state index contributed by atoms with van der Waals surface area (Å²) in [6, 6.07) is 0. The molecule has 90 valence electrons. The van der Waals surface area contributed by atoms with Crippen molar-refractivity contribution < 1.29 is 33.9 Å². The van der Waals surface area contributed by atoms with Crippen molar-refractivity contribution in [2.24, 2.45) is 0 Å². The predicted molar refractivity (Wildman–Crippen MR) is 52.1 cm³/mol. The Balaban J connectivity index is 0. The Bertz CT molecular complexity index is 232. The molecular weight excluding hydrogens is 227 g/mol. The second kappa shape index (κ2) is 7.56. The van der Waals surface area contributed by atoms with Crippen LogP contribution >= 0.6 is 7.82 Å². The zero-order chi connectivity index (χ0) is 12.6. The van der Waals surface area contributed by atoms with Crippen molar-refractivity contribution in [2.75, 3.05) is 6.61 Å². The van der Waals surface area contributed by atoms with Crippen molar-refractivity contribution in [3.63, 3.8) is 0 Å². The van der Waals surface area contributed by atoms with E-state index in [1.165, 1.54) is 6.92 Å². The molecule has 0 aromatic carbocycles. The summed E-state index contributed by atoms with van der Waals surface area (Å²) in [5.41, 5.74) is 0.176. The number of epoxide rings is 1. The third-order valence-electron chi connectivity index (χ3n) is 0.865. The summed E-state index contributed by atoms with van der Waals surface area (Å²) in [4.78, 5) is 31.2. The highest BCUT2D eigenvalue weighted by Crippen LogP contribution is 2.25. The Labute approximate surface area is 87.2 Å². The number of ether oxygens (including phenoxy) is 1. The van der Waals surface area contributed by atoms with Gasteiger partial charge < -0.3 is 24.5 Å². The van der Waals surface area contributed by atoms with E-state index < -0.39 is 13.8 Å². The summed E-state index contributed by atoms with van der Waals surface area (Å²) in [7, 11) is -4.64. The lowest BCUT2D eigenvalue weighted by Gasteiger charge is -1.82. The standard InChI is InChI=1S/C4H6O2.C3H6O.H3O4P/c1-3(2)4(5)6;1-3-2-4-3;1-5(2,3)4/h1H2,2H3,(H,5,6);3H,2H2,1H3;(H3,1,2,3,4). The molecule has 0 saturated carbocycles. The second-order valence-electron chi connectivity index (χ2n) is 2.74. The lowest BCUT2D eigenvalue weighted by Crippen LogP contribution is -1.92. The normalized spacial score (nSPS) is 17.5. The predicted octanol–water partition coefficient (Wildman–Crippen LogP) is 0.124. The highest BCUT2D eigenvalue weighted by Gasteiger charge is 2.13. The number of carbonyl (C=O) groups is 1. The maximum absolute atomic E-state index is 9.60. The van der Waals surface area contributed by atoms with Gasteiger partial charge in [0.1, 0.15) is 0 Å². The van der Waals surface area contributed by atoms with Crippen LogP contribution in [-0.2, 0) is 14.1 Å². The van der Waals surface area contributed by atoms with Crippen LogP contribution in [0.3, 0.4) is 0 Å². The summed E-state index contributed by atoms with van der Waals surface area (Å²) in [5, 5.41) is 7.89. The minimum Gasteiger partial charge on any atom is -0.478 e. The number of carboxylic acids is 1. The molecule has 0 aromatic rings. The first-order valence-electron chi connectivity index (χ1n) is 3.82. The molecule has 1 aliphatic heterocycles. The molecule has 15 heavy (non-hydrogen) atoms. The van der Waals surface area contributed by atoms with Crippen LogP contribution in [-0.4, -0.2) is 38.5 Å². The molecule has 1 aliphatic rings. The fourth-order valence-corrected chi connectivity index (χ4v) is 0.0962. The van der Waals surface area contributed by atoms with Gasteiger partial charge in [-0.15, -0.1) is 0 Å². The van der Waals surface area contributed by atoms with E-state index in [4.69, 9.17) is 29.1 Å².